The van der Waals surface area contributed by atoms with Crippen molar-refractivity contribution in [3.05, 3.63) is 42.2 Å². The van der Waals surface area contributed by atoms with Gasteiger partial charge >= 0.3 is 0 Å². The molecule has 2 aromatic carbocycles. The predicted octanol–water partition coefficient (Wildman–Crippen LogP) is 3.88. The van der Waals surface area contributed by atoms with Crippen molar-refractivity contribution in [2.75, 3.05) is 13.2 Å². The minimum absolute atomic E-state index is 0.527. The molecule has 0 amide bonds. The van der Waals surface area contributed by atoms with Gasteiger partial charge in [0.25, 0.3) is 0 Å². The molecule has 0 saturated heterocycles. The van der Waals surface area contributed by atoms with E-state index in [1.54, 1.807) is 0 Å². The van der Waals surface area contributed by atoms with Gasteiger partial charge in [-0.25, -0.2) is 0 Å². The van der Waals surface area contributed by atoms with Gasteiger partial charge in [0.2, 0.25) is 0 Å². The molecule has 0 aliphatic heterocycles. The van der Waals surface area contributed by atoms with Crippen LogP contribution >= 0.6 is 0 Å². The van der Waals surface area contributed by atoms with E-state index in [2.05, 4.69) is 25.1 Å². The van der Waals surface area contributed by atoms with Crippen LogP contribution in [0.15, 0.2) is 41.0 Å². The van der Waals surface area contributed by atoms with Crippen molar-refractivity contribution in [1.82, 2.24) is 0 Å². The molecule has 0 atom stereocenters. The van der Waals surface area contributed by atoms with Crippen LogP contribution in [0.4, 0.5) is 0 Å². The van der Waals surface area contributed by atoms with Crippen LogP contribution in [0.5, 0.6) is 5.75 Å². The highest BCUT2D eigenvalue weighted by Crippen LogP contribution is 2.32. The molecule has 3 rings (SSSR count). The molecule has 104 valence electrons. The number of nitrogens with two attached hydrogens (primary N) is 1. The van der Waals surface area contributed by atoms with Crippen molar-refractivity contribution in [3.63, 3.8) is 0 Å². The zero-order valence-electron chi connectivity index (χ0n) is 11.7. The second-order valence-corrected chi connectivity index (χ2v) is 4.97. The number of aryl methyl sites for hydroxylation is 1. The van der Waals surface area contributed by atoms with Crippen molar-refractivity contribution in [3.8, 4) is 5.75 Å². The Kier molecular flexibility index (Phi) is 3.61. The van der Waals surface area contributed by atoms with Crippen molar-refractivity contribution in [1.29, 1.82) is 0 Å². The summed E-state index contributed by atoms with van der Waals surface area (Å²) in [5.41, 5.74) is 7.70. The van der Waals surface area contributed by atoms with E-state index in [4.69, 9.17) is 14.9 Å². The van der Waals surface area contributed by atoms with Gasteiger partial charge < -0.3 is 14.9 Å². The van der Waals surface area contributed by atoms with E-state index in [9.17, 15) is 0 Å². The number of benzene rings is 2. The van der Waals surface area contributed by atoms with Gasteiger partial charge in [-0.15, -0.1) is 0 Å². The quantitative estimate of drug-likeness (QED) is 0.764. The summed E-state index contributed by atoms with van der Waals surface area (Å²) in [6, 6.07) is 10.3. The summed E-state index contributed by atoms with van der Waals surface area (Å²) in [6.45, 7) is 3.25. The molecule has 0 aliphatic rings. The van der Waals surface area contributed by atoms with Crippen LogP contribution in [-0.2, 0) is 6.42 Å². The molecule has 0 spiro atoms. The first-order chi connectivity index (χ1) is 9.83. The molecule has 3 aromatic rings. The van der Waals surface area contributed by atoms with Gasteiger partial charge in [0.1, 0.15) is 17.9 Å². The Bertz CT molecular complexity index is 730. The third kappa shape index (κ3) is 2.25. The van der Waals surface area contributed by atoms with Gasteiger partial charge in [0.05, 0.1) is 6.26 Å². The molecule has 0 radical (unpaired) electrons. The van der Waals surface area contributed by atoms with E-state index in [0.29, 0.717) is 13.2 Å². The SMILES string of the molecule is CCCc1coc2ccc3cc(OCCN)ccc3c12. The van der Waals surface area contributed by atoms with Crippen LogP contribution in [-0.4, -0.2) is 13.2 Å². The number of ether oxygens (including phenoxy) is 1. The van der Waals surface area contributed by atoms with Gasteiger partial charge in [0, 0.05) is 11.9 Å². The Labute approximate surface area is 118 Å². The number of hydrogen-bond donors (Lipinski definition) is 1. The van der Waals surface area contributed by atoms with Gasteiger partial charge in [-0.05, 0) is 47.0 Å². The highest BCUT2D eigenvalue weighted by atomic mass is 16.5. The van der Waals surface area contributed by atoms with Gasteiger partial charge in [-0.3, -0.25) is 0 Å². The molecule has 1 aromatic heterocycles. The van der Waals surface area contributed by atoms with Crippen LogP contribution in [0.2, 0.25) is 0 Å². The minimum atomic E-state index is 0.527. The van der Waals surface area contributed by atoms with E-state index in [-0.39, 0.29) is 0 Å². The van der Waals surface area contributed by atoms with Gasteiger partial charge in [-0.2, -0.15) is 0 Å². The monoisotopic (exact) mass is 269 g/mol. The zero-order chi connectivity index (χ0) is 13.9. The first-order valence-electron chi connectivity index (χ1n) is 7.09. The van der Waals surface area contributed by atoms with E-state index in [1.165, 1.54) is 21.7 Å². The second kappa shape index (κ2) is 5.55. The van der Waals surface area contributed by atoms with Crippen LogP contribution < -0.4 is 10.5 Å². The van der Waals surface area contributed by atoms with Crippen molar-refractivity contribution >= 4 is 21.7 Å². The lowest BCUT2D eigenvalue weighted by molar-refractivity contribution is 0.329. The normalized spacial score (nSPS) is 11.3. The largest absolute Gasteiger partial charge is 0.492 e. The topological polar surface area (TPSA) is 48.4 Å². The fraction of sp³-hybridized carbons (Fsp3) is 0.294. The third-order valence-corrected chi connectivity index (χ3v) is 3.51. The lowest BCUT2D eigenvalue weighted by Gasteiger charge is -2.07. The molecule has 0 unspecified atom stereocenters. The van der Waals surface area contributed by atoms with Crippen molar-refractivity contribution in [2.45, 2.75) is 19.8 Å². The standard InChI is InChI=1S/C17H19NO2/c1-2-3-13-11-20-16-7-4-12-10-14(19-9-8-18)5-6-15(12)17(13)16/h4-7,10-11H,2-3,8-9,18H2,1H3. The number of rotatable bonds is 5. The Morgan fingerprint density at radius 1 is 1.20 bits per heavy atom. The van der Waals surface area contributed by atoms with E-state index < -0.39 is 0 Å². The maximum Gasteiger partial charge on any atom is 0.134 e. The third-order valence-electron chi connectivity index (χ3n) is 3.51. The Balaban J connectivity index is 2.13. The highest BCUT2D eigenvalue weighted by molar-refractivity contribution is 6.07. The molecule has 3 heteroatoms. The van der Waals surface area contributed by atoms with Crippen LogP contribution in [0, 0.1) is 0 Å². The van der Waals surface area contributed by atoms with E-state index in [1.807, 2.05) is 18.4 Å². The molecule has 0 aliphatic carbocycles. The molecule has 3 nitrogen and oxygen atoms in total. The molecule has 0 bridgehead atoms. The average Bonchev–Trinajstić information content (AvgIpc) is 2.89. The zero-order valence-corrected chi connectivity index (χ0v) is 11.7. The molecule has 20 heavy (non-hydrogen) atoms. The fourth-order valence-electron chi connectivity index (χ4n) is 2.63. The summed E-state index contributed by atoms with van der Waals surface area (Å²) in [7, 11) is 0. The first kappa shape index (κ1) is 13.0. The summed E-state index contributed by atoms with van der Waals surface area (Å²) in [5.74, 6) is 0.864. The number of fused-ring (bicyclic) bond motifs is 3. The molecule has 0 fully saturated rings. The smallest absolute Gasteiger partial charge is 0.134 e. The maximum atomic E-state index is 5.66. The van der Waals surface area contributed by atoms with E-state index >= 15 is 0 Å². The molecule has 0 saturated carbocycles. The average molecular weight is 269 g/mol. The number of hydrogen-bond acceptors (Lipinski definition) is 3. The highest BCUT2D eigenvalue weighted by Gasteiger charge is 2.09. The van der Waals surface area contributed by atoms with Gasteiger partial charge in [-0.1, -0.05) is 19.4 Å². The molecular formula is C17H19NO2. The van der Waals surface area contributed by atoms with Crippen LogP contribution in [0.25, 0.3) is 21.7 Å². The fourth-order valence-corrected chi connectivity index (χ4v) is 2.63. The van der Waals surface area contributed by atoms with Crippen LogP contribution in [0.1, 0.15) is 18.9 Å². The summed E-state index contributed by atoms with van der Waals surface area (Å²) < 4.78 is 11.2. The summed E-state index contributed by atoms with van der Waals surface area (Å²) in [5, 5.41) is 3.63. The first-order valence-corrected chi connectivity index (χ1v) is 7.09. The molecular weight excluding hydrogens is 250 g/mol. The lowest BCUT2D eigenvalue weighted by atomic mass is 10.0. The Hall–Kier alpha value is -2.00. The van der Waals surface area contributed by atoms with Crippen molar-refractivity contribution in [2.24, 2.45) is 5.73 Å². The lowest BCUT2D eigenvalue weighted by Crippen LogP contribution is -2.10. The van der Waals surface area contributed by atoms with Gasteiger partial charge in [0.15, 0.2) is 0 Å². The molecule has 2 N–H and O–H groups in total. The second-order valence-electron chi connectivity index (χ2n) is 4.97. The number of furan rings is 1. The Morgan fingerprint density at radius 2 is 2.10 bits per heavy atom. The van der Waals surface area contributed by atoms with Crippen LogP contribution in [0.3, 0.4) is 0 Å². The summed E-state index contributed by atoms with van der Waals surface area (Å²) >= 11 is 0. The predicted molar refractivity (Wildman–Crippen MR) is 82.3 cm³/mol. The summed E-state index contributed by atoms with van der Waals surface area (Å²) in [6.07, 6.45) is 4.03. The molecule has 1 heterocycles. The van der Waals surface area contributed by atoms with E-state index in [0.717, 1.165) is 24.2 Å². The Morgan fingerprint density at radius 3 is 2.90 bits per heavy atom. The minimum Gasteiger partial charge on any atom is -0.492 e. The maximum absolute atomic E-state index is 5.66. The summed E-state index contributed by atoms with van der Waals surface area (Å²) in [4.78, 5) is 0. The van der Waals surface area contributed by atoms with Crippen molar-refractivity contribution < 1.29 is 9.15 Å².